The second-order valence-electron chi connectivity index (χ2n) is 0.820. The molecule has 0 radical (unpaired) electrons. The Balaban J connectivity index is 0. The molecule has 0 aliphatic rings. The Morgan fingerprint density at radius 1 is 1.56 bits per heavy atom. The van der Waals surface area contributed by atoms with Gasteiger partial charge in [0.1, 0.15) is 0 Å². The summed E-state index contributed by atoms with van der Waals surface area (Å²) < 4.78 is 21.3. The summed E-state index contributed by atoms with van der Waals surface area (Å²) in [6.07, 6.45) is -4.10. The van der Waals surface area contributed by atoms with Crippen molar-refractivity contribution in [2.45, 2.75) is 6.43 Å². The van der Waals surface area contributed by atoms with E-state index in [-0.39, 0.29) is 0 Å². The van der Waals surface area contributed by atoms with E-state index in [0.717, 1.165) is 0 Å². The molecular formula is C4H4F2O3-2. The van der Waals surface area contributed by atoms with Gasteiger partial charge in [-0.25, -0.2) is 8.78 Å². The molecule has 0 saturated heterocycles. The zero-order chi connectivity index (χ0) is 7.86. The maximum absolute atomic E-state index is 10.6. The third-order valence-corrected chi connectivity index (χ3v) is 0.178. The van der Waals surface area contributed by atoms with Gasteiger partial charge in [0.25, 0.3) is 6.43 Å². The smallest absolute Gasteiger partial charge is 0.256 e. The van der Waals surface area contributed by atoms with Crippen molar-refractivity contribution in [3.8, 4) is 0 Å². The second kappa shape index (κ2) is 6.87. The van der Waals surface area contributed by atoms with Gasteiger partial charge in [-0.15, -0.1) is 0 Å². The number of alkyl halides is 2. The standard InChI is InChI=1S/C3H4F2.CH2O3/c1-2-3(4)5;2-1(3)4/h2-3H,1H2;(H2,2,3,4)/p-2. The van der Waals surface area contributed by atoms with Crippen LogP contribution in [0.1, 0.15) is 0 Å². The van der Waals surface area contributed by atoms with E-state index in [1.54, 1.807) is 0 Å². The number of hydrogen-bond donors (Lipinski definition) is 0. The summed E-state index contributed by atoms with van der Waals surface area (Å²) in [7, 11) is 0. The Morgan fingerprint density at radius 3 is 1.67 bits per heavy atom. The average molecular weight is 138 g/mol. The number of hydrogen-bond acceptors (Lipinski definition) is 3. The van der Waals surface area contributed by atoms with E-state index in [0.29, 0.717) is 6.08 Å². The van der Waals surface area contributed by atoms with E-state index >= 15 is 0 Å². The molecule has 0 bridgehead atoms. The van der Waals surface area contributed by atoms with Crippen LogP contribution in [0.5, 0.6) is 0 Å². The molecule has 0 aromatic carbocycles. The molecular weight excluding hydrogens is 134 g/mol. The van der Waals surface area contributed by atoms with Gasteiger partial charge in [-0.3, -0.25) is 0 Å². The molecule has 0 aliphatic heterocycles. The number of carbonyl (C=O) groups excluding carboxylic acids is 1. The molecule has 0 heterocycles. The maximum atomic E-state index is 10.6. The van der Waals surface area contributed by atoms with Crippen molar-refractivity contribution in [2.24, 2.45) is 0 Å². The van der Waals surface area contributed by atoms with Gasteiger partial charge < -0.3 is 15.0 Å². The van der Waals surface area contributed by atoms with Crippen LogP contribution in [0.15, 0.2) is 12.7 Å². The fraction of sp³-hybridized carbons (Fsp3) is 0.250. The number of rotatable bonds is 1. The van der Waals surface area contributed by atoms with Crippen LogP contribution in [0, 0.1) is 0 Å². The molecule has 9 heavy (non-hydrogen) atoms. The third kappa shape index (κ3) is 215. The molecule has 0 saturated carbocycles. The highest BCUT2D eigenvalue weighted by atomic mass is 19.3. The molecule has 0 N–H and O–H groups in total. The molecule has 0 aromatic heterocycles. The Labute approximate surface area is 50.2 Å². The summed E-state index contributed by atoms with van der Waals surface area (Å²) in [4.78, 5) is 8.33. The van der Waals surface area contributed by atoms with E-state index in [2.05, 4.69) is 6.58 Å². The Kier molecular flexibility index (Phi) is 8.23. The molecule has 0 aromatic rings. The van der Waals surface area contributed by atoms with Gasteiger partial charge in [0.2, 0.25) is 0 Å². The highest BCUT2D eigenvalue weighted by Crippen LogP contribution is 1.87. The van der Waals surface area contributed by atoms with Crippen molar-refractivity contribution in [1.29, 1.82) is 0 Å². The molecule has 0 unspecified atom stereocenters. The Hall–Kier alpha value is -1.13. The summed E-state index contributed by atoms with van der Waals surface area (Å²) in [5.74, 6) is 0. The molecule has 0 amide bonds. The molecule has 0 spiro atoms. The summed E-state index contributed by atoms with van der Waals surface area (Å²) in [5, 5.41) is 16.7. The first-order valence-electron chi connectivity index (χ1n) is 1.79. The molecule has 54 valence electrons. The number of allylic oxidation sites excluding steroid dienone is 1. The Morgan fingerprint density at radius 2 is 1.67 bits per heavy atom. The largest absolute Gasteiger partial charge is 0.652 e. The second-order valence-corrected chi connectivity index (χ2v) is 0.820. The first-order valence-corrected chi connectivity index (χ1v) is 1.79. The number of halogens is 2. The minimum absolute atomic E-state index is 0.583. The van der Waals surface area contributed by atoms with E-state index in [1.165, 1.54) is 0 Å². The first-order chi connectivity index (χ1) is 4.00. The lowest BCUT2D eigenvalue weighted by atomic mass is 10.7. The number of carboxylic acid groups (broad SMARTS) is 2. The predicted octanol–water partition coefficient (Wildman–Crippen LogP) is -1.01. The normalized spacial score (nSPS) is 7.44. The van der Waals surface area contributed by atoms with Crippen molar-refractivity contribution >= 4 is 6.16 Å². The third-order valence-electron chi connectivity index (χ3n) is 0.178. The first kappa shape index (κ1) is 10.8. The summed E-state index contributed by atoms with van der Waals surface area (Å²) in [6, 6.07) is 0. The average Bonchev–Trinajstić information content (AvgIpc) is 1.65. The van der Waals surface area contributed by atoms with Crippen LogP contribution in [-0.4, -0.2) is 12.6 Å². The molecule has 0 rings (SSSR count). The van der Waals surface area contributed by atoms with Crippen molar-refractivity contribution in [2.75, 3.05) is 0 Å². The Bertz CT molecular complexity index is 87.8. The topological polar surface area (TPSA) is 63.2 Å². The molecule has 5 heteroatoms. The van der Waals surface area contributed by atoms with Gasteiger partial charge in [0.05, 0.1) is 0 Å². The highest BCUT2D eigenvalue weighted by molar-refractivity contribution is 5.47. The van der Waals surface area contributed by atoms with Crippen molar-refractivity contribution in [3.05, 3.63) is 12.7 Å². The molecule has 0 atom stereocenters. The fourth-order valence-electron chi connectivity index (χ4n) is 0. The minimum atomic E-state index is -2.35. The zero-order valence-electron chi connectivity index (χ0n) is 4.34. The van der Waals surface area contributed by atoms with Crippen LogP contribution in [0.2, 0.25) is 0 Å². The fourth-order valence-corrected chi connectivity index (χ4v) is 0. The summed E-state index contributed by atoms with van der Waals surface area (Å²) in [6.45, 7) is 2.81. The van der Waals surface area contributed by atoms with Crippen LogP contribution >= 0.6 is 0 Å². The van der Waals surface area contributed by atoms with E-state index in [1.807, 2.05) is 0 Å². The van der Waals surface area contributed by atoms with Crippen LogP contribution in [0.4, 0.5) is 13.6 Å². The molecule has 3 nitrogen and oxygen atoms in total. The predicted molar refractivity (Wildman–Crippen MR) is 21.6 cm³/mol. The minimum Gasteiger partial charge on any atom is -0.652 e. The quantitative estimate of drug-likeness (QED) is 0.436. The lowest BCUT2D eigenvalue weighted by Crippen LogP contribution is -2.37. The van der Waals surface area contributed by atoms with Gasteiger partial charge >= 0.3 is 0 Å². The maximum Gasteiger partial charge on any atom is 0.256 e. The highest BCUT2D eigenvalue weighted by Gasteiger charge is 1.85. The van der Waals surface area contributed by atoms with Crippen LogP contribution in [0.3, 0.4) is 0 Å². The summed E-state index contributed by atoms with van der Waals surface area (Å²) >= 11 is 0. The summed E-state index contributed by atoms with van der Waals surface area (Å²) in [5.41, 5.74) is 0. The van der Waals surface area contributed by atoms with Gasteiger partial charge in [0, 0.05) is 0 Å². The molecule has 0 fully saturated rings. The van der Waals surface area contributed by atoms with Crippen molar-refractivity contribution in [3.63, 3.8) is 0 Å². The van der Waals surface area contributed by atoms with Gasteiger partial charge in [-0.05, 0) is 12.2 Å². The van der Waals surface area contributed by atoms with Gasteiger partial charge in [-0.1, -0.05) is 6.58 Å². The monoisotopic (exact) mass is 138 g/mol. The van der Waals surface area contributed by atoms with Crippen LogP contribution in [0.25, 0.3) is 0 Å². The van der Waals surface area contributed by atoms with Gasteiger partial charge in [0.15, 0.2) is 0 Å². The van der Waals surface area contributed by atoms with Crippen molar-refractivity contribution in [1.82, 2.24) is 0 Å². The lowest BCUT2D eigenvalue weighted by molar-refractivity contribution is -0.415. The number of carbonyl (C=O) groups is 1. The lowest BCUT2D eigenvalue weighted by Gasteiger charge is -1.96. The van der Waals surface area contributed by atoms with Crippen LogP contribution < -0.4 is 10.2 Å². The van der Waals surface area contributed by atoms with E-state index in [4.69, 9.17) is 15.0 Å². The van der Waals surface area contributed by atoms with Crippen LogP contribution in [-0.2, 0) is 0 Å². The van der Waals surface area contributed by atoms with Gasteiger partial charge in [-0.2, -0.15) is 0 Å². The zero-order valence-corrected chi connectivity index (χ0v) is 4.34. The molecule has 0 aliphatic carbocycles. The van der Waals surface area contributed by atoms with Crippen molar-refractivity contribution < 1.29 is 23.8 Å². The SMILES string of the molecule is C=CC(F)F.O=C([O-])[O-]. The van der Waals surface area contributed by atoms with E-state index < -0.39 is 12.6 Å². The van der Waals surface area contributed by atoms with E-state index in [9.17, 15) is 8.78 Å².